The Labute approximate surface area is 231 Å². The van der Waals surface area contributed by atoms with Crippen molar-refractivity contribution in [2.24, 2.45) is 17.8 Å². The standard InChI is InChI=1S/C29H45NO9/c1-8-19(5)12-26(31)38-24-11-10-22(15-25(24)39-27(32)13-20(6)9-2)14-23(28(33)34)30-16-21(7)37-29(35)36-17-18(3)4/h10-11,15,18-21,23,30H,8-9,12-14,16-17H2,1-7H3,(H,33,34)/t19?,20?,21?,23-/m0/s1. The van der Waals surface area contributed by atoms with Crippen LogP contribution >= 0.6 is 0 Å². The predicted octanol–water partition coefficient (Wildman–Crippen LogP) is 5.15. The van der Waals surface area contributed by atoms with Crippen molar-refractivity contribution in [1.82, 2.24) is 5.32 Å². The van der Waals surface area contributed by atoms with E-state index in [0.717, 1.165) is 12.8 Å². The number of benzene rings is 1. The van der Waals surface area contributed by atoms with Gasteiger partial charge in [-0.05, 0) is 48.8 Å². The topological polar surface area (TPSA) is 137 Å². The highest BCUT2D eigenvalue weighted by Crippen LogP contribution is 2.30. The van der Waals surface area contributed by atoms with Crippen molar-refractivity contribution in [3.63, 3.8) is 0 Å². The van der Waals surface area contributed by atoms with E-state index in [1.165, 1.54) is 12.1 Å². The van der Waals surface area contributed by atoms with Gasteiger partial charge in [0.1, 0.15) is 12.1 Å². The third-order valence-corrected chi connectivity index (χ3v) is 6.10. The molecule has 0 radical (unpaired) electrons. The van der Waals surface area contributed by atoms with E-state index in [4.69, 9.17) is 18.9 Å². The molecule has 10 nitrogen and oxygen atoms in total. The Morgan fingerprint density at radius 3 is 1.95 bits per heavy atom. The summed E-state index contributed by atoms with van der Waals surface area (Å²) in [6.45, 7) is 13.6. The van der Waals surface area contributed by atoms with Crippen LogP contribution in [0.2, 0.25) is 0 Å². The molecule has 1 aromatic carbocycles. The van der Waals surface area contributed by atoms with Crippen LogP contribution in [-0.4, -0.2) is 54.5 Å². The van der Waals surface area contributed by atoms with Gasteiger partial charge in [-0.2, -0.15) is 0 Å². The maximum atomic E-state index is 12.5. The summed E-state index contributed by atoms with van der Waals surface area (Å²) in [4.78, 5) is 48.6. The molecule has 0 spiro atoms. The fraction of sp³-hybridized carbons (Fsp3) is 0.655. The maximum absolute atomic E-state index is 12.5. The number of carboxylic acid groups (broad SMARTS) is 1. The first-order chi connectivity index (χ1) is 18.3. The maximum Gasteiger partial charge on any atom is 0.508 e. The molecular formula is C29H45NO9. The minimum atomic E-state index is -1.11. The van der Waals surface area contributed by atoms with E-state index in [0.29, 0.717) is 5.56 Å². The molecule has 39 heavy (non-hydrogen) atoms. The van der Waals surface area contributed by atoms with E-state index in [-0.39, 0.29) is 61.7 Å². The molecule has 0 fully saturated rings. The lowest BCUT2D eigenvalue weighted by Gasteiger charge is -2.19. The Morgan fingerprint density at radius 2 is 1.44 bits per heavy atom. The molecule has 0 aromatic heterocycles. The Morgan fingerprint density at radius 1 is 0.872 bits per heavy atom. The van der Waals surface area contributed by atoms with Crippen LogP contribution in [0.4, 0.5) is 4.79 Å². The highest BCUT2D eigenvalue weighted by molar-refractivity contribution is 5.77. The minimum absolute atomic E-state index is 0.0385. The quantitative estimate of drug-likeness (QED) is 0.197. The Bertz CT molecular complexity index is 947. The van der Waals surface area contributed by atoms with Crippen LogP contribution in [0.5, 0.6) is 11.5 Å². The van der Waals surface area contributed by atoms with Gasteiger partial charge in [0.2, 0.25) is 0 Å². The lowest BCUT2D eigenvalue weighted by Crippen LogP contribution is -2.42. The zero-order valence-electron chi connectivity index (χ0n) is 24.3. The van der Waals surface area contributed by atoms with Crippen molar-refractivity contribution in [3.05, 3.63) is 23.8 Å². The number of hydrogen-bond acceptors (Lipinski definition) is 9. The summed E-state index contributed by atoms with van der Waals surface area (Å²) in [5.41, 5.74) is 0.549. The molecule has 3 unspecified atom stereocenters. The minimum Gasteiger partial charge on any atom is -0.480 e. The summed E-state index contributed by atoms with van der Waals surface area (Å²) < 4.78 is 21.2. The molecule has 0 saturated carbocycles. The Balaban J connectivity index is 2.98. The Kier molecular flexibility index (Phi) is 15.2. The lowest BCUT2D eigenvalue weighted by molar-refractivity contribution is -0.139. The molecule has 220 valence electrons. The van der Waals surface area contributed by atoms with Gasteiger partial charge in [-0.15, -0.1) is 0 Å². The number of rotatable bonds is 17. The van der Waals surface area contributed by atoms with E-state index in [9.17, 15) is 24.3 Å². The average molecular weight is 552 g/mol. The lowest BCUT2D eigenvalue weighted by atomic mass is 10.0. The molecule has 4 atom stereocenters. The number of aliphatic carboxylic acids is 1. The highest BCUT2D eigenvalue weighted by Gasteiger charge is 2.22. The van der Waals surface area contributed by atoms with Crippen molar-refractivity contribution in [3.8, 4) is 11.5 Å². The molecule has 2 N–H and O–H groups in total. The first-order valence-electron chi connectivity index (χ1n) is 13.7. The molecule has 0 amide bonds. The molecule has 0 aliphatic rings. The molecule has 0 aliphatic heterocycles. The van der Waals surface area contributed by atoms with Gasteiger partial charge in [0.25, 0.3) is 0 Å². The first-order valence-corrected chi connectivity index (χ1v) is 13.7. The van der Waals surface area contributed by atoms with Gasteiger partial charge >= 0.3 is 24.1 Å². The summed E-state index contributed by atoms with van der Waals surface area (Å²) in [6, 6.07) is 3.62. The summed E-state index contributed by atoms with van der Waals surface area (Å²) in [5.74, 6) is -1.44. The SMILES string of the molecule is CCC(C)CC(=O)Oc1ccc(C[C@H](NCC(C)OC(=O)OCC(C)C)C(=O)O)cc1OC(=O)CC(C)CC. The number of carboxylic acids is 1. The highest BCUT2D eigenvalue weighted by atomic mass is 16.7. The number of carbonyl (C=O) groups excluding carboxylic acids is 3. The zero-order chi connectivity index (χ0) is 29.5. The van der Waals surface area contributed by atoms with Gasteiger partial charge in [0.05, 0.1) is 6.61 Å². The van der Waals surface area contributed by atoms with Gasteiger partial charge in [-0.25, -0.2) is 4.79 Å². The van der Waals surface area contributed by atoms with Crippen LogP contribution in [0, 0.1) is 17.8 Å². The average Bonchev–Trinajstić information content (AvgIpc) is 2.86. The van der Waals surface area contributed by atoms with Crippen LogP contribution in [0.1, 0.15) is 79.7 Å². The summed E-state index contributed by atoms with van der Waals surface area (Å²) in [7, 11) is 0. The van der Waals surface area contributed by atoms with Crippen LogP contribution in [-0.2, 0) is 30.3 Å². The van der Waals surface area contributed by atoms with E-state index >= 15 is 0 Å². The summed E-state index contributed by atoms with van der Waals surface area (Å²) >= 11 is 0. The van der Waals surface area contributed by atoms with Crippen LogP contribution in [0.15, 0.2) is 18.2 Å². The van der Waals surface area contributed by atoms with E-state index in [1.807, 2.05) is 41.5 Å². The van der Waals surface area contributed by atoms with E-state index in [2.05, 4.69) is 5.32 Å². The molecule has 0 heterocycles. The molecule has 0 bridgehead atoms. The van der Waals surface area contributed by atoms with Crippen molar-refractivity contribution >= 4 is 24.1 Å². The smallest absolute Gasteiger partial charge is 0.480 e. The molecule has 10 heteroatoms. The van der Waals surface area contributed by atoms with Crippen LogP contribution < -0.4 is 14.8 Å². The number of hydrogen-bond donors (Lipinski definition) is 2. The third kappa shape index (κ3) is 14.0. The Hall–Kier alpha value is -3.14. The zero-order valence-corrected chi connectivity index (χ0v) is 24.3. The summed E-state index contributed by atoms with van der Waals surface area (Å²) in [6.07, 6.45) is 0.624. The molecule has 1 rings (SSSR count). The molecule has 0 aliphatic carbocycles. The molecular weight excluding hydrogens is 506 g/mol. The number of esters is 2. The second-order valence-corrected chi connectivity index (χ2v) is 10.6. The first kappa shape index (κ1) is 33.9. The van der Waals surface area contributed by atoms with E-state index in [1.54, 1.807) is 13.0 Å². The van der Waals surface area contributed by atoms with Gasteiger partial charge in [-0.3, -0.25) is 14.4 Å². The summed E-state index contributed by atoms with van der Waals surface area (Å²) in [5, 5.41) is 12.6. The van der Waals surface area contributed by atoms with Crippen molar-refractivity contribution < 1.29 is 43.2 Å². The third-order valence-electron chi connectivity index (χ3n) is 6.10. The normalized spacial score (nSPS) is 14.2. The second-order valence-electron chi connectivity index (χ2n) is 10.6. The predicted molar refractivity (Wildman–Crippen MR) is 146 cm³/mol. The van der Waals surface area contributed by atoms with Crippen molar-refractivity contribution in [1.29, 1.82) is 0 Å². The fourth-order valence-electron chi connectivity index (χ4n) is 3.30. The van der Waals surface area contributed by atoms with Crippen molar-refractivity contribution in [2.75, 3.05) is 13.2 Å². The number of carbonyl (C=O) groups is 4. The second kappa shape index (κ2) is 17.4. The number of ether oxygens (including phenoxy) is 4. The van der Waals surface area contributed by atoms with Crippen molar-refractivity contribution in [2.45, 2.75) is 92.7 Å². The van der Waals surface area contributed by atoms with Gasteiger partial charge in [0.15, 0.2) is 11.5 Å². The van der Waals surface area contributed by atoms with Crippen LogP contribution in [0.25, 0.3) is 0 Å². The monoisotopic (exact) mass is 551 g/mol. The van der Waals surface area contributed by atoms with Crippen LogP contribution in [0.3, 0.4) is 0 Å². The molecule has 0 saturated heterocycles. The van der Waals surface area contributed by atoms with E-state index < -0.39 is 36.2 Å². The van der Waals surface area contributed by atoms with Gasteiger partial charge in [-0.1, -0.05) is 60.5 Å². The van der Waals surface area contributed by atoms with Gasteiger partial charge in [0, 0.05) is 19.4 Å². The molecule has 1 aromatic rings. The number of nitrogens with one attached hydrogen (secondary N) is 1. The fourth-order valence-corrected chi connectivity index (χ4v) is 3.30. The largest absolute Gasteiger partial charge is 0.508 e. The van der Waals surface area contributed by atoms with Gasteiger partial charge < -0.3 is 29.4 Å².